The molecule has 26 heavy (non-hydrogen) atoms. The van der Waals surface area contributed by atoms with Crippen LogP contribution in [0.3, 0.4) is 0 Å². The molecular formula is C19H12ClN3O2S. The first kappa shape index (κ1) is 17.9. The van der Waals surface area contributed by atoms with E-state index in [0.29, 0.717) is 16.1 Å². The Labute approximate surface area is 158 Å². The van der Waals surface area contributed by atoms with E-state index in [9.17, 15) is 14.9 Å². The van der Waals surface area contributed by atoms with Crippen molar-refractivity contribution in [1.82, 2.24) is 9.97 Å². The van der Waals surface area contributed by atoms with Gasteiger partial charge in [0.25, 0.3) is 5.56 Å². The average Bonchev–Trinajstić information content (AvgIpc) is 2.62. The van der Waals surface area contributed by atoms with Gasteiger partial charge in [-0.25, -0.2) is 4.98 Å². The molecule has 0 radical (unpaired) electrons. The van der Waals surface area contributed by atoms with Crippen molar-refractivity contribution in [2.24, 2.45) is 0 Å². The van der Waals surface area contributed by atoms with E-state index in [0.717, 1.165) is 17.3 Å². The monoisotopic (exact) mass is 381 g/mol. The minimum Gasteiger partial charge on any atom is -0.300 e. The fourth-order valence-electron chi connectivity index (χ4n) is 2.26. The van der Waals surface area contributed by atoms with E-state index >= 15 is 0 Å². The second kappa shape index (κ2) is 7.56. The van der Waals surface area contributed by atoms with Crippen LogP contribution in [0.1, 0.15) is 21.5 Å². The van der Waals surface area contributed by atoms with Gasteiger partial charge in [0.15, 0.2) is 5.16 Å². The third-order valence-corrected chi connectivity index (χ3v) is 4.66. The summed E-state index contributed by atoms with van der Waals surface area (Å²) in [5, 5.41) is 9.69. The lowest BCUT2D eigenvalue weighted by atomic mass is 10.1. The number of aromatic amines is 1. The Morgan fingerprint density at radius 1 is 1.15 bits per heavy atom. The number of aryl methyl sites for hydroxylation is 1. The molecule has 1 N–H and O–H groups in total. The minimum absolute atomic E-state index is 0.112. The fourth-order valence-corrected chi connectivity index (χ4v) is 3.09. The van der Waals surface area contributed by atoms with Crippen molar-refractivity contribution < 1.29 is 4.79 Å². The van der Waals surface area contributed by atoms with Crippen LogP contribution >= 0.6 is 23.4 Å². The Balaban J connectivity index is 2.00. The lowest BCUT2D eigenvalue weighted by Crippen LogP contribution is -2.15. The minimum atomic E-state index is -0.591. The van der Waals surface area contributed by atoms with Crippen LogP contribution in [0.5, 0.6) is 0 Å². The number of hydrogen-bond donors (Lipinski definition) is 1. The van der Waals surface area contributed by atoms with Gasteiger partial charge in [-0.05, 0) is 30.8 Å². The number of nitrogens with one attached hydrogen (secondary N) is 1. The van der Waals surface area contributed by atoms with Crippen LogP contribution in [0.2, 0.25) is 5.02 Å². The van der Waals surface area contributed by atoms with E-state index in [4.69, 9.17) is 11.6 Å². The highest BCUT2D eigenvalue weighted by Gasteiger charge is 2.16. The maximum atomic E-state index is 12.4. The van der Waals surface area contributed by atoms with Crippen LogP contribution in [-0.4, -0.2) is 15.1 Å². The van der Waals surface area contributed by atoms with Gasteiger partial charge in [0.05, 0.1) is 5.69 Å². The second-order valence-electron chi connectivity index (χ2n) is 5.47. The summed E-state index contributed by atoms with van der Waals surface area (Å²) in [6.45, 7) is 1.93. The van der Waals surface area contributed by atoms with Gasteiger partial charge < -0.3 is 0 Å². The first-order chi connectivity index (χ1) is 12.5. The number of halogens is 1. The molecule has 0 bridgehead atoms. The predicted molar refractivity (Wildman–Crippen MR) is 101 cm³/mol. The van der Waals surface area contributed by atoms with E-state index < -0.39 is 5.56 Å². The van der Waals surface area contributed by atoms with Crippen LogP contribution in [0.15, 0.2) is 58.5 Å². The van der Waals surface area contributed by atoms with Gasteiger partial charge in [-0.2, -0.15) is 5.26 Å². The van der Waals surface area contributed by atoms with Gasteiger partial charge in [-0.3, -0.25) is 14.6 Å². The lowest BCUT2D eigenvalue weighted by molar-refractivity contribution is 0.108. The molecule has 7 heteroatoms. The number of nitrogens with zero attached hydrogens (tertiary/aromatic N) is 2. The van der Waals surface area contributed by atoms with E-state index in [1.165, 1.54) is 0 Å². The zero-order valence-corrected chi connectivity index (χ0v) is 15.2. The number of aromatic nitrogens is 2. The number of thioether (sulfide) groups is 1. The topological polar surface area (TPSA) is 86.6 Å². The average molecular weight is 382 g/mol. The van der Waals surface area contributed by atoms with Crippen LogP contribution in [0, 0.1) is 18.3 Å². The Morgan fingerprint density at radius 3 is 2.42 bits per heavy atom. The molecular weight excluding hydrogens is 370 g/mol. The molecule has 3 aromatic rings. The molecule has 0 aliphatic heterocycles. The second-order valence-corrected chi connectivity index (χ2v) is 6.87. The van der Waals surface area contributed by atoms with E-state index in [1.54, 1.807) is 36.4 Å². The number of benzene rings is 2. The van der Waals surface area contributed by atoms with Crippen molar-refractivity contribution in [3.8, 4) is 17.3 Å². The smallest absolute Gasteiger partial charge is 0.270 e. The molecule has 0 saturated carbocycles. The lowest BCUT2D eigenvalue weighted by Gasteiger charge is -2.06. The highest BCUT2D eigenvalue weighted by atomic mass is 35.5. The summed E-state index contributed by atoms with van der Waals surface area (Å²) in [5.41, 5.74) is 1.63. The van der Waals surface area contributed by atoms with Crippen LogP contribution in [-0.2, 0) is 0 Å². The maximum Gasteiger partial charge on any atom is 0.270 e. The molecule has 3 rings (SSSR count). The third-order valence-electron chi connectivity index (χ3n) is 3.60. The Morgan fingerprint density at radius 2 is 1.81 bits per heavy atom. The number of H-pyrrole nitrogens is 1. The number of rotatable bonds is 3. The molecule has 5 nitrogen and oxygen atoms in total. The van der Waals surface area contributed by atoms with Gasteiger partial charge in [0.1, 0.15) is 11.6 Å². The van der Waals surface area contributed by atoms with Gasteiger partial charge >= 0.3 is 0 Å². The van der Waals surface area contributed by atoms with Crippen LogP contribution < -0.4 is 5.56 Å². The summed E-state index contributed by atoms with van der Waals surface area (Å²) in [6, 6.07) is 15.6. The van der Waals surface area contributed by atoms with Crippen molar-refractivity contribution in [3.63, 3.8) is 0 Å². The quantitative estimate of drug-likeness (QED) is 0.542. The Bertz CT molecular complexity index is 1070. The fraction of sp³-hybridized carbons (Fsp3) is 0.0526. The third kappa shape index (κ3) is 3.85. The number of carbonyl (C=O) groups is 1. The molecule has 0 aliphatic carbocycles. The van der Waals surface area contributed by atoms with Crippen molar-refractivity contribution in [2.45, 2.75) is 12.1 Å². The molecule has 2 aromatic carbocycles. The first-order valence-electron chi connectivity index (χ1n) is 7.57. The standard InChI is InChI=1S/C19H12ClN3O2S/c1-11-2-4-13(5-3-11)18(25)26-19-22-16(15(10-21)17(24)23-19)12-6-8-14(20)9-7-12/h2-9H,1H3,(H,22,23,24). The molecule has 1 heterocycles. The van der Waals surface area contributed by atoms with E-state index in [2.05, 4.69) is 9.97 Å². The van der Waals surface area contributed by atoms with Gasteiger partial charge in [0.2, 0.25) is 5.12 Å². The predicted octanol–water partition coefficient (Wildman–Crippen LogP) is 4.20. The summed E-state index contributed by atoms with van der Waals surface area (Å²) in [7, 11) is 0. The summed E-state index contributed by atoms with van der Waals surface area (Å²) < 4.78 is 0. The van der Waals surface area contributed by atoms with Crippen LogP contribution in [0.4, 0.5) is 0 Å². The molecule has 0 spiro atoms. The van der Waals surface area contributed by atoms with Crippen molar-refractivity contribution >= 4 is 28.5 Å². The van der Waals surface area contributed by atoms with Crippen molar-refractivity contribution in [1.29, 1.82) is 5.26 Å². The summed E-state index contributed by atoms with van der Waals surface area (Å²) in [5.74, 6) is 0. The van der Waals surface area contributed by atoms with Crippen molar-refractivity contribution in [2.75, 3.05) is 0 Å². The highest BCUT2D eigenvalue weighted by Crippen LogP contribution is 2.25. The molecule has 0 saturated heterocycles. The van der Waals surface area contributed by atoms with E-state index in [-0.39, 0.29) is 21.5 Å². The molecule has 1 aromatic heterocycles. The number of hydrogen-bond acceptors (Lipinski definition) is 5. The summed E-state index contributed by atoms with van der Waals surface area (Å²) in [4.78, 5) is 31.4. The SMILES string of the molecule is Cc1ccc(C(=O)Sc2nc(-c3ccc(Cl)cc3)c(C#N)c(=O)[nH]2)cc1. The largest absolute Gasteiger partial charge is 0.300 e. The van der Waals surface area contributed by atoms with E-state index in [1.807, 2.05) is 25.1 Å². The molecule has 0 unspecified atom stereocenters. The molecule has 0 amide bonds. The van der Waals surface area contributed by atoms with Gasteiger partial charge in [0, 0.05) is 16.1 Å². The number of nitriles is 1. The molecule has 0 atom stereocenters. The molecule has 0 fully saturated rings. The molecule has 128 valence electrons. The highest BCUT2D eigenvalue weighted by molar-refractivity contribution is 8.14. The first-order valence-corrected chi connectivity index (χ1v) is 8.76. The Hall–Kier alpha value is -2.88. The van der Waals surface area contributed by atoms with Crippen LogP contribution in [0.25, 0.3) is 11.3 Å². The zero-order chi connectivity index (χ0) is 18.7. The van der Waals surface area contributed by atoms with Crippen molar-refractivity contribution in [3.05, 3.63) is 80.6 Å². The molecule has 0 aliphatic rings. The van der Waals surface area contributed by atoms with Gasteiger partial charge in [-0.15, -0.1) is 0 Å². The maximum absolute atomic E-state index is 12.4. The normalized spacial score (nSPS) is 10.3. The summed E-state index contributed by atoms with van der Waals surface area (Å²) >= 11 is 6.69. The zero-order valence-electron chi connectivity index (χ0n) is 13.6. The van der Waals surface area contributed by atoms with Gasteiger partial charge in [-0.1, -0.05) is 53.6 Å². The Kier molecular flexibility index (Phi) is 5.21. The number of carbonyl (C=O) groups excluding carboxylic acids is 1. The summed E-state index contributed by atoms with van der Waals surface area (Å²) in [6.07, 6.45) is 0.